The normalized spacial score (nSPS) is 16.3. The maximum atomic E-state index is 14.8. The number of anilines is 1. The van der Waals surface area contributed by atoms with Crippen LogP contribution in [0.5, 0.6) is 0 Å². The Labute approximate surface area is 177 Å². The van der Waals surface area contributed by atoms with E-state index < -0.39 is 21.7 Å². The van der Waals surface area contributed by atoms with Gasteiger partial charge in [-0.15, -0.1) is 0 Å². The molecular weight excluding hydrogens is 405 g/mol. The minimum Gasteiger partial charge on any atom is -0.319 e. The second kappa shape index (κ2) is 9.24. The SMILES string of the molecule is Cc1ccccc1C(=O)Nc1c(C)cc(S(=O)(=O)NC(C)C2CCNCC2)cc1F. The number of aryl methyl sites for hydroxylation is 2. The quantitative estimate of drug-likeness (QED) is 0.652. The molecule has 1 aliphatic heterocycles. The number of amides is 1. The van der Waals surface area contributed by atoms with Crippen LogP contribution in [-0.4, -0.2) is 33.5 Å². The first-order valence-corrected chi connectivity index (χ1v) is 11.6. The minimum absolute atomic E-state index is 0.0198. The highest BCUT2D eigenvalue weighted by molar-refractivity contribution is 7.89. The number of carbonyl (C=O) groups is 1. The largest absolute Gasteiger partial charge is 0.319 e. The molecule has 0 saturated carbocycles. The first kappa shape index (κ1) is 22.4. The van der Waals surface area contributed by atoms with E-state index in [4.69, 9.17) is 0 Å². The monoisotopic (exact) mass is 433 g/mol. The fourth-order valence-corrected chi connectivity index (χ4v) is 5.20. The lowest BCUT2D eigenvalue weighted by molar-refractivity contribution is 0.102. The molecule has 0 radical (unpaired) electrons. The lowest BCUT2D eigenvalue weighted by atomic mass is 9.92. The molecule has 1 unspecified atom stereocenters. The van der Waals surface area contributed by atoms with Crippen molar-refractivity contribution in [3.8, 4) is 0 Å². The highest BCUT2D eigenvalue weighted by Crippen LogP contribution is 2.26. The van der Waals surface area contributed by atoms with E-state index in [1.54, 1.807) is 32.0 Å². The lowest BCUT2D eigenvalue weighted by Crippen LogP contribution is -2.42. The number of hydrogen-bond donors (Lipinski definition) is 3. The Kier molecular flexibility index (Phi) is 6.90. The molecule has 1 fully saturated rings. The van der Waals surface area contributed by atoms with Crippen LogP contribution in [0, 0.1) is 25.6 Å². The summed E-state index contributed by atoms with van der Waals surface area (Å²) in [5.74, 6) is -0.991. The molecule has 1 heterocycles. The van der Waals surface area contributed by atoms with Gasteiger partial charge in [-0.1, -0.05) is 18.2 Å². The Morgan fingerprint density at radius 1 is 1.13 bits per heavy atom. The van der Waals surface area contributed by atoms with E-state index in [2.05, 4.69) is 15.4 Å². The molecule has 6 nitrogen and oxygen atoms in total. The number of nitrogens with one attached hydrogen (secondary N) is 3. The molecule has 162 valence electrons. The van der Waals surface area contributed by atoms with Gasteiger partial charge in [0.25, 0.3) is 5.91 Å². The van der Waals surface area contributed by atoms with Gasteiger partial charge in [-0.3, -0.25) is 4.79 Å². The Balaban J connectivity index is 1.79. The van der Waals surface area contributed by atoms with Crippen LogP contribution in [0.3, 0.4) is 0 Å². The van der Waals surface area contributed by atoms with Gasteiger partial charge in [-0.05, 0) is 81.9 Å². The van der Waals surface area contributed by atoms with Crippen molar-refractivity contribution in [2.24, 2.45) is 5.92 Å². The third-order valence-electron chi connectivity index (χ3n) is 5.63. The summed E-state index contributed by atoms with van der Waals surface area (Å²) in [5.41, 5.74) is 1.52. The molecule has 0 aromatic heterocycles. The highest BCUT2D eigenvalue weighted by Gasteiger charge is 2.26. The zero-order valence-electron chi connectivity index (χ0n) is 17.5. The van der Waals surface area contributed by atoms with Crippen LogP contribution in [0.2, 0.25) is 0 Å². The predicted molar refractivity (Wildman–Crippen MR) is 116 cm³/mol. The van der Waals surface area contributed by atoms with Crippen LogP contribution in [0.1, 0.15) is 41.3 Å². The minimum atomic E-state index is -3.88. The molecule has 1 saturated heterocycles. The molecule has 0 spiro atoms. The maximum absolute atomic E-state index is 14.8. The number of hydrogen-bond acceptors (Lipinski definition) is 4. The van der Waals surface area contributed by atoms with Crippen LogP contribution < -0.4 is 15.4 Å². The summed E-state index contributed by atoms with van der Waals surface area (Å²) in [6.07, 6.45) is 1.78. The van der Waals surface area contributed by atoms with E-state index in [0.29, 0.717) is 11.1 Å². The second-order valence-electron chi connectivity index (χ2n) is 7.86. The van der Waals surface area contributed by atoms with Gasteiger partial charge in [0.15, 0.2) is 0 Å². The summed E-state index contributed by atoms with van der Waals surface area (Å²) >= 11 is 0. The van der Waals surface area contributed by atoms with Crippen molar-refractivity contribution >= 4 is 21.6 Å². The summed E-state index contributed by atoms with van der Waals surface area (Å²) in [7, 11) is -3.88. The Hall–Kier alpha value is -2.29. The third kappa shape index (κ3) is 5.06. The molecule has 30 heavy (non-hydrogen) atoms. The summed E-state index contributed by atoms with van der Waals surface area (Å²) in [5, 5.41) is 5.83. The van der Waals surface area contributed by atoms with Gasteiger partial charge in [-0.25, -0.2) is 17.5 Å². The van der Waals surface area contributed by atoms with Crippen LogP contribution in [0.15, 0.2) is 41.3 Å². The van der Waals surface area contributed by atoms with E-state index in [1.165, 1.54) is 6.07 Å². The summed E-state index contributed by atoms with van der Waals surface area (Å²) in [6.45, 7) is 6.93. The molecule has 1 aliphatic rings. The van der Waals surface area contributed by atoms with Crippen LogP contribution in [0.25, 0.3) is 0 Å². The number of sulfonamides is 1. The highest BCUT2D eigenvalue weighted by atomic mass is 32.2. The van der Waals surface area contributed by atoms with Crippen molar-refractivity contribution in [2.45, 2.75) is 44.6 Å². The second-order valence-corrected chi connectivity index (χ2v) is 9.58. The fraction of sp³-hybridized carbons (Fsp3) is 0.409. The van der Waals surface area contributed by atoms with E-state index in [0.717, 1.165) is 37.6 Å². The van der Waals surface area contributed by atoms with Gasteiger partial charge in [0.1, 0.15) is 5.82 Å². The standard InChI is InChI=1S/C22H28FN3O3S/c1-14-6-4-5-7-19(14)22(27)25-21-15(2)12-18(13-20(21)23)30(28,29)26-16(3)17-8-10-24-11-9-17/h4-7,12-13,16-17,24,26H,8-11H2,1-3H3,(H,25,27). The van der Waals surface area contributed by atoms with Gasteiger partial charge in [0, 0.05) is 11.6 Å². The van der Waals surface area contributed by atoms with Crippen molar-refractivity contribution < 1.29 is 17.6 Å². The maximum Gasteiger partial charge on any atom is 0.256 e. The van der Waals surface area contributed by atoms with Gasteiger partial charge in [-0.2, -0.15) is 0 Å². The van der Waals surface area contributed by atoms with Crippen LogP contribution in [0.4, 0.5) is 10.1 Å². The lowest BCUT2D eigenvalue weighted by Gasteiger charge is -2.28. The van der Waals surface area contributed by atoms with E-state index in [9.17, 15) is 17.6 Å². The van der Waals surface area contributed by atoms with Gasteiger partial charge < -0.3 is 10.6 Å². The molecule has 3 N–H and O–H groups in total. The smallest absolute Gasteiger partial charge is 0.256 e. The number of halogens is 1. The third-order valence-corrected chi connectivity index (χ3v) is 7.17. The molecule has 8 heteroatoms. The average Bonchev–Trinajstić information content (AvgIpc) is 2.71. The number of piperidine rings is 1. The van der Waals surface area contributed by atoms with Gasteiger partial charge >= 0.3 is 0 Å². The summed E-state index contributed by atoms with van der Waals surface area (Å²) in [4.78, 5) is 12.4. The first-order chi connectivity index (χ1) is 14.2. The molecule has 3 rings (SSSR count). The van der Waals surface area contributed by atoms with Crippen LogP contribution >= 0.6 is 0 Å². The first-order valence-electron chi connectivity index (χ1n) is 10.1. The molecular formula is C22H28FN3O3S. The molecule has 1 amide bonds. The number of benzene rings is 2. The predicted octanol–water partition coefficient (Wildman–Crippen LogP) is 3.36. The van der Waals surface area contributed by atoms with E-state index in [-0.39, 0.29) is 22.5 Å². The van der Waals surface area contributed by atoms with E-state index in [1.807, 2.05) is 13.0 Å². The number of carbonyl (C=O) groups excluding carboxylic acids is 1. The van der Waals surface area contributed by atoms with Crippen molar-refractivity contribution in [3.63, 3.8) is 0 Å². The molecule has 2 aromatic carbocycles. The molecule has 2 aromatic rings. The van der Waals surface area contributed by atoms with Crippen molar-refractivity contribution in [2.75, 3.05) is 18.4 Å². The van der Waals surface area contributed by atoms with Gasteiger partial charge in [0.05, 0.1) is 10.6 Å². The summed E-state index contributed by atoms with van der Waals surface area (Å²) in [6, 6.07) is 9.09. The molecule has 0 bridgehead atoms. The summed E-state index contributed by atoms with van der Waals surface area (Å²) < 4.78 is 43.1. The van der Waals surface area contributed by atoms with Crippen molar-refractivity contribution in [3.05, 3.63) is 58.9 Å². The van der Waals surface area contributed by atoms with Crippen molar-refractivity contribution in [1.82, 2.24) is 10.0 Å². The van der Waals surface area contributed by atoms with Crippen LogP contribution in [-0.2, 0) is 10.0 Å². The Morgan fingerprint density at radius 2 is 1.80 bits per heavy atom. The Bertz CT molecular complexity index is 1010. The molecule has 1 atom stereocenters. The number of rotatable bonds is 6. The average molecular weight is 434 g/mol. The zero-order chi connectivity index (χ0) is 21.9. The Morgan fingerprint density at radius 3 is 2.43 bits per heavy atom. The molecule has 0 aliphatic carbocycles. The zero-order valence-corrected chi connectivity index (χ0v) is 18.3. The van der Waals surface area contributed by atoms with E-state index >= 15 is 0 Å². The van der Waals surface area contributed by atoms with Crippen molar-refractivity contribution in [1.29, 1.82) is 0 Å². The van der Waals surface area contributed by atoms with Gasteiger partial charge in [0.2, 0.25) is 10.0 Å². The fourth-order valence-electron chi connectivity index (χ4n) is 3.79. The topological polar surface area (TPSA) is 87.3 Å².